The highest BCUT2D eigenvalue weighted by molar-refractivity contribution is 7.88. The molecule has 1 aromatic rings. The molecule has 1 saturated heterocycles. The fourth-order valence-electron chi connectivity index (χ4n) is 2.83. The van der Waals surface area contributed by atoms with Crippen molar-refractivity contribution < 1.29 is 17.6 Å². The number of hydrogen-bond acceptors (Lipinski definition) is 3. The maximum atomic E-state index is 13.0. The van der Waals surface area contributed by atoms with Crippen molar-refractivity contribution in [3.63, 3.8) is 0 Å². The van der Waals surface area contributed by atoms with Crippen LogP contribution in [0.5, 0.6) is 0 Å². The van der Waals surface area contributed by atoms with Crippen molar-refractivity contribution in [3.8, 4) is 0 Å². The van der Waals surface area contributed by atoms with Gasteiger partial charge in [0.05, 0.1) is 12.8 Å². The van der Waals surface area contributed by atoms with Gasteiger partial charge in [-0.1, -0.05) is 12.1 Å². The van der Waals surface area contributed by atoms with Gasteiger partial charge in [0.15, 0.2) is 0 Å². The lowest BCUT2D eigenvalue weighted by atomic mass is 9.95. The standard InChI is InChI=1S/C16H23FN2O3S/c1-18(23(2,21)22)12-16(20)19-10-4-3-5-15(19)11-13-6-8-14(17)9-7-13/h6-9,15H,3-5,10-12H2,1-2H3. The van der Waals surface area contributed by atoms with Crippen LogP contribution in [0.4, 0.5) is 4.39 Å². The van der Waals surface area contributed by atoms with E-state index in [1.807, 2.05) is 0 Å². The number of likely N-dealkylation sites (N-methyl/N-ethyl adjacent to an activating group) is 1. The Kier molecular flexibility index (Phi) is 5.75. The van der Waals surface area contributed by atoms with E-state index < -0.39 is 10.0 Å². The number of benzene rings is 1. The molecule has 0 saturated carbocycles. The van der Waals surface area contributed by atoms with Gasteiger partial charge in [-0.3, -0.25) is 4.79 Å². The summed E-state index contributed by atoms with van der Waals surface area (Å²) in [4.78, 5) is 14.2. The SMILES string of the molecule is CN(CC(=O)N1CCCCC1Cc1ccc(F)cc1)S(C)(=O)=O. The van der Waals surface area contributed by atoms with Crippen LogP contribution in [0.3, 0.4) is 0 Å². The van der Waals surface area contributed by atoms with Gasteiger partial charge in [0.2, 0.25) is 15.9 Å². The van der Waals surface area contributed by atoms with Crippen molar-refractivity contribution in [3.05, 3.63) is 35.6 Å². The second kappa shape index (κ2) is 7.40. The number of likely N-dealkylation sites (tertiary alicyclic amines) is 1. The molecule has 1 unspecified atom stereocenters. The zero-order chi connectivity index (χ0) is 17.0. The Hall–Kier alpha value is -1.47. The van der Waals surface area contributed by atoms with E-state index in [9.17, 15) is 17.6 Å². The van der Waals surface area contributed by atoms with Crippen LogP contribution in [0.15, 0.2) is 24.3 Å². The number of nitrogens with zero attached hydrogens (tertiary/aromatic N) is 2. The first-order chi connectivity index (χ1) is 10.8. The van der Waals surface area contributed by atoms with E-state index in [1.165, 1.54) is 19.2 Å². The molecule has 0 N–H and O–H groups in total. The monoisotopic (exact) mass is 342 g/mol. The summed E-state index contributed by atoms with van der Waals surface area (Å²) < 4.78 is 37.0. The predicted molar refractivity (Wildman–Crippen MR) is 86.9 cm³/mol. The first-order valence-corrected chi connectivity index (χ1v) is 9.57. The molecule has 0 spiro atoms. The Morgan fingerprint density at radius 2 is 1.96 bits per heavy atom. The van der Waals surface area contributed by atoms with E-state index in [4.69, 9.17) is 0 Å². The number of carbonyl (C=O) groups excluding carboxylic acids is 1. The highest BCUT2D eigenvalue weighted by Crippen LogP contribution is 2.21. The third kappa shape index (κ3) is 5.00. The third-order valence-electron chi connectivity index (χ3n) is 4.26. The summed E-state index contributed by atoms with van der Waals surface area (Å²) in [5, 5.41) is 0. The molecule has 0 aliphatic carbocycles. The van der Waals surface area contributed by atoms with E-state index >= 15 is 0 Å². The fraction of sp³-hybridized carbons (Fsp3) is 0.562. The van der Waals surface area contributed by atoms with Crippen LogP contribution in [0, 0.1) is 5.82 Å². The quantitative estimate of drug-likeness (QED) is 0.817. The number of piperidine rings is 1. The van der Waals surface area contributed by atoms with Crippen molar-refractivity contribution >= 4 is 15.9 Å². The highest BCUT2D eigenvalue weighted by atomic mass is 32.2. The van der Waals surface area contributed by atoms with Gasteiger partial charge in [0.1, 0.15) is 5.82 Å². The van der Waals surface area contributed by atoms with E-state index in [1.54, 1.807) is 17.0 Å². The van der Waals surface area contributed by atoms with Crippen molar-refractivity contribution in [2.75, 3.05) is 26.4 Å². The zero-order valence-electron chi connectivity index (χ0n) is 13.5. The minimum absolute atomic E-state index is 0.0367. The smallest absolute Gasteiger partial charge is 0.238 e. The van der Waals surface area contributed by atoms with Crippen LogP contribution in [-0.2, 0) is 21.2 Å². The Labute approximate surface area is 137 Å². The average Bonchev–Trinajstić information content (AvgIpc) is 2.49. The fourth-order valence-corrected chi connectivity index (χ4v) is 3.18. The molecule has 1 atom stereocenters. The molecular formula is C16H23FN2O3S. The number of carbonyl (C=O) groups is 1. The summed E-state index contributed by atoms with van der Waals surface area (Å²) >= 11 is 0. The molecule has 128 valence electrons. The maximum absolute atomic E-state index is 13.0. The van der Waals surface area contributed by atoms with Gasteiger partial charge in [-0.15, -0.1) is 0 Å². The van der Waals surface area contributed by atoms with E-state index in [-0.39, 0.29) is 24.3 Å². The summed E-state index contributed by atoms with van der Waals surface area (Å²) in [5.74, 6) is -0.454. The molecule has 0 radical (unpaired) electrons. The van der Waals surface area contributed by atoms with E-state index in [0.717, 1.165) is 35.4 Å². The summed E-state index contributed by atoms with van der Waals surface area (Å²) in [6, 6.07) is 6.34. The Morgan fingerprint density at radius 3 is 2.57 bits per heavy atom. The Balaban J connectivity index is 2.05. The van der Waals surface area contributed by atoms with Gasteiger partial charge in [0, 0.05) is 19.6 Å². The van der Waals surface area contributed by atoms with Crippen LogP contribution in [0.25, 0.3) is 0 Å². The molecule has 23 heavy (non-hydrogen) atoms. The molecule has 0 aromatic heterocycles. The largest absolute Gasteiger partial charge is 0.338 e. The molecule has 7 heteroatoms. The molecule has 0 bridgehead atoms. The second-order valence-corrected chi connectivity index (χ2v) is 8.18. The molecular weight excluding hydrogens is 319 g/mol. The van der Waals surface area contributed by atoms with Crippen LogP contribution >= 0.6 is 0 Å². The molecule has 1 aliphatic heterocycles. The van der Waals surface area contributed by atoms with Gasteiger partial charge in [0.25, 0.3) is 0 Å². The molecule has 1 fully saturated rings. The van der Waals surface area contributed by atoms with E-state index in [2.05, 4.69) is 0 Å². The first kappa shape index (κ1) is 17.9. The lowest BCUT2D eigenvalue weighted by Crippen LogP contribution is -2.49. The summed E-state index contributed by atoms with van der Waals surface area (Å²) in [5.41, 5.74) is 0.979. The van der Waals surface area contributed by atoms with Crippen molar-refractivity contribution in [1.82, 2.24) is 9.21 Å². The Bertz CT molecular complexity index is 646. The predicted octanol–water partition coefficient (Wildman–Crippen LogP) is 1.64. The molecule has 5 nitrogen and oxygen atoms in total. The van der Waals surface area contributed by atoms with Crippen LogP contribution < -0.4 is 0 Å². The zero-order valence-corrected chi connectivity index (χ0v) is 14.4. The van der Waals surface area contributed by atoms with Crippen LogP contribution in [0.1, 0.15) is 24.8 Å². The third-order valence-corrected chi connectivity index (χ3v) is 5.52. The van der Waals surface area contributed by atoms with E-state index in [0.29, 0.717) is 13.0 Å². The summed E-state index contributed by atoms with van der Waals surface area (Å²) in [6.07, 6.45) is 4.60. The number of sulfonamides is 1. The summed E-state index contributed by atoms with van der Waals surface area (Å²) in [6.45, 7) is 0.501. The maximum Gasteiger partial charge on any atom is 0.238 e. The molecule has 1 heterocycles. The van der Waals surface area contributed by atoms with Gasteiger partial charge in [-0.25, -0.2) is 12.8 Å². The van der Waals surface area contributed by atoms with Gasteiger partial charge in [-0.2, -0.15) is 4.31 Å². The lowest BCUT2D eigenvalue weighted by molar-refractivity contribution is -0.134. The number of amides is 1. The van der Waals surface area contributed by atoms with Gasteiger partial charge in [-0.05, 0) is 43.4 Å². The van der Waals surface area contributed by atoms with Crippen molar-refractivity contribution in [2.24, 2.45) is 0 Å². The number of rotatable bonds is 5. The molecule has 2 rings (SSSR count). The average molecular weight is 342 g/mol. The Morgan fingerprint density at radius 1 is 1.30 bits per heavy atom. The van der Waals surface area contributed by atoms with Crippen LogP contribution in [0.2, 0.25) is 0 Å². The van der Waals surface area contributed by atoms with Gasteiger partial charge < -0.3 is 4.90 Å². The molecule has 1 amide bonds. The number of halogens is 1. The topological polar surface area (TPSA) is 57.7 Å². The number of hydrogen-bond donors (Lipinski definition) is 0. The lowest BCUT2D eigenvalue weighted by Gasteiger charge is -2.36. The minimum Gasteiger partial charge on any atom is -0.338 e. The van der Waals surface area contributed by atoms with Gasteiger partial charge >= 0.3 is 0 Å². The summed E-state index contributed by atoms with van der Waals surface area (Å²) in [7, 11) is -1.96. The first-order valence-electron chi connectivity index (χ1n) is 7.72. The van der Waals surface area contributed by atoms with Crippen molar-refractivity contribution in [1.29, 1.82) is 0 Å². The minimum atomic E-state index is -3.37. The second-order valence-electron chi connectivity index (χ2n) is 6.09. The van der Waals surface area contributed by atoms with Crippen molar-refractivity contribution in [2.45, 2.75) is 31.7 Å². The normalized spacial score (nSPS) is 19.1. The molecule has 1 aliphatic rings. The van der Waals surface area contributed by atoms with Crippen LogP contribution in [-0.4, -0.2) is 56.0 Å². The highest BCUT2D eigenvalue weighted by Gasteiger charge is 2.28. The molecule has 1 aromatic carbocycles.